The molecule has 0 saturated heterocycles. The van der Waals surface area contributed by atoms with Crippen LogP contribution in [0.15, 0.2) is 12.5 Å². The fourth-order valence-corrected chi connectivity index (χ4v) is 0.832. The number of hydrogen-bond donors (Lipinski definition) is 2. The van der Waals surface area contributed by atoms with Gasteiger partial charge >= 0.3 is 0 Å². The number of rotatable bonds is 8. The molecule has 0 aliphatic carbocycles. The lowest BCUT2D eigenvalue weighted by Gasteiger charge is -2.16. The average molecular weight is 232 g/mol. The Morgan fingerprint density at radius 3 is 1.38 bits per heavy atom. The summed E-state index contributed by atoms with van der Waals surface area (Å²) in [6.45, 7) is 7.85. The zero-order valence-electron chi connectivity index (χ0n) is 10.7. The van der Waals surface area contributed by atoms with Gasteiger partial charge in [0.25, 0.3) is 0 Å². The van der Waals surface area contributed by atoms with Crippen molar-refractivity contribution in [3.8, 4) is 0 Å². The van der Waals surface area contributed by atoms with Crippen LogP contribution < -0.4 is 0 Å². The summed E-state index contributed by atoms with van der Waals surface area (Å²) >= 11 is 0. The Labute approximate surface area is 97.9 Å². The van der Waals surface area contributed by atoms with Crippen molar-refractivity contribution in [3.05, 3.63) is 12.5 Å². The quantitative estimate of drug-likeness (QED) is 0.495. The first-order valence-electron chi connectivity index (χ1n) is 5.54. The first kappa shape index (κ1) is 15.3. The van der Waals surface area contributed by atoms with Gasteiger partial charge in [0.2, 0.25) is 0 Å². The molecule has 0 fully saturated rings. The van der Waals surface area contributed by atoms with Crippen molar-refractivity contribution in [3.63, 3.8) is 0 Å². The Morgan fingerprint density at radius 1 is 0.812 bits per heavy atom. The zero-order chi connectivity index (χ0) is 12.7. The molecule has 0 saturated carbocycles. The predicted octanol–water partition coefficient (Wildman–Crippen LogP) is 1.81. The molecule has 16 heavy (non-hydrogen) atoms. The molecule has 0 spiro atoms. The second-order valence-electron chi connectivity index (χ2n) is 5.14. The highest BCUT2D eigenvalue weighted by atomic mass is 16.5. The van der Waals surface area contributed by atoms with Gasteiger partial charge in [0.15, 0.2) is 0 Å². The summed E-state index contributed by atoms with van der Waals surface area (Å²) in [4.78, 5) is 0. The topological polar surface area (TPSA) is 58.9 Å². The summed E-state index contributed by atoms with van der Waals surface area (Å²) in [6, 6.07) is 0. The summed E-state index contributed by atoms with van der Waals surface area (Å²) in [5, 5.41) is 18.8. The van der Waals surface area contributed by atoms with E-state index in [1.165, 1.54) is 12.5 Å². The van der Waals surface area contributed by atoms with E-state index in [2.05, 4.69) is 0 Å². The Kier molecular flexibility index (Phi) is 6.45. The Bertz CT molecular complexity index is 176. The van der Waals surface area contributed by atoms with Gasteiger partial charge in [-0.2, -0.15) is 0 Å². The van der Waals surface area contributed by atoms with Crippen molar-refractivity contribution in [2.24, 2.45) is 0 Å². The molecule has 4 nitrogen and oxygen atoms in total. The second-order valence-corrected chi connectivity index (χ2v) is 5.14. The summed E-state index contributed by atoms with van der Waals surface area (Å²) in [5.41, 5.74) is -1.40. The molecule has 0 radical (unpaired) electrons. The fourth-order valence-electron chi connectivity index (χ4n) is 0.832. The predicted molar refractivity (Wildman–Crippen MR) is 62.9 cm³/mol. The van der Waals surface area contributed by atoms with Crippen LogP contribution >= 0.6 is 0 Å². The van der Waals surface area contributed by atoms with Gasteiger partial charge in [0.05, 0.1) is 24.4 Å². The molecule has 2 N–H and O–H groups in total. The van der Waals surface area contributed by atoms with Gasteiger partial charge in [0, 0.05) is 12.8 Å². The Morgan fingerprint density at radius 2 is 1.12 bits per heavy atom. The largest absolute Gasteiger partial charge is 0.498 e. The van der Waals surface area contributed by atoms with Crippen molar-refractivity contribution >= 4 is 0 Å². The van der Waals surface area contributed by atoms with E-state index < -0.39 is 11.2 Å². The molecule has 0 bridgehead atoms. The fraction of sp³-hybridized carbons (Fsp3) is 0.833. The molecule has 0 aromatic heterocycles. The van der Waals surface area contributed by atoms with Crippen LogP contribution in [0.3, 0.4) is 0 Å². The summed E-state index contributed by atoms with van der Waals surface area (Å²) in [6.07, 6.45) is 4.05. The molecule has 96 valence electrons. The number of hydrogen-bond acceptors (Lipinski definition) is 4. The highest BCUT2D eigenvalue weighted by Gasteiger charge is 2.11. The molecule has 0 aromatic carbocycles. The molecule has 0 aliphatic heterocycles. The lowest BCUT2D eigenvalue weighted by molar-refractivity contribution is 0.0412. The van der Waals surface area contributed by atoms with Gasteiger partial charge in [-0.3, -0.25) is 0 Å². The SMILES string of the molecule is CC(C)(O)CCO/C=C/OCCC(C)(C)O. The van der Waals surface area contributed by atoms with Crippen molar-refractivity contribution in [1.29, 1.82) is 0 Å². The minimum atomic E-state index is -0.699. The van der Waals surface area contributed by atoms with Gasteiger partial charge in [0.1, 0.15) is 12.5 Å². The minimum absolute atomic E-state index is 0.453. The van der Waals surface area contributed by atoms with Crippen LogP contribution in [-0.4, -0.2) is 34.6 Å². The smallest absolute Gasteiger partial charge is 0.117 e. The maximum Gasteiger partial charge on any atom is 0.117 e. The van der Waals surface area contributed by atoms with Crippen LogP contribution in [0.1, 0.15) is 40.5 Å². The normalized spacial score (nSPS) is 13.1. The van der Waals surface area contributed by atoms with E-state index >= 15 is 0 Å². The van der Waals surface area contributed by atoms with Crippen LogP contribution in [0, 0.1) is 0 Å². The van der Waals surface area contributed by atoms with Gasteiger partial charge in [-0.15, -0.1) is 0 Å². The molecular formula is C12H24O4. The van der Waals surface area contributed by atoms with E-state index in [1.54, 1.807) is 27.7 Å². The van der Waals surface area contributed by atoms with Crippen LogP contribution in [0.4, 0.5) is 0 Å². The van der Waals surface area contributed by atoms with Crippen LogP contribution in [0.5, 0.6) is 0 Å². The minimum Gasteiger partial charge on any atom is -0.498 e. The van der Waals surface area contributed by atoms with Crippen molar-refractivity contribution in [1.82, 2.24) is 0 Å². The molecule has 0 rings (SSSR count). The van der Waals surface area contributed by atoms with Crippen molar-refractivity contribution < 1.29 is 19.7 Å². The third-order valence-electron chi connectivity index (χ3n) is 1.91. The third kappa shape index (κ3) is 13.3. The molecule has 4 heteroatoms. The molecule has 0 aliphatic rings. The van der Waals surface area contributed by atoms with Crippen LogP contribution in [-0.2, 0) is 9.47 Å². The first-order valence-corrected chi connectivity index (χ1v) is 5.54. The third-order valence-corrected chi connectivity index (χ3v) is 1.91. The van der Waals surface area contributed by atoms with Crippen LogP contribution in [0.25, 0.3) is 0 Å². The maximum absolute atomic E-state index is 9.38. The molecule has 0 unspecified atom stereocenters. The molecule has 0 aromatic rings. The maximum atomic E-state index is 9.38. The van der Waals surface area contributed by atoms with Crippen molar-refractivity contribution in [2.75, 3.05) is 13.2 Å². The summed E-state index contributed by atoms with van der Waals surface area (Å²) in [7, 11) is 0. The van der Waals surface area contributed by atoms with E-state index in [0.29, 0.717) is 26.1 Å². The highest BCUT2D eigenvalue weighted by molar-refractivity contribution is 4.68. The molecule has 0 amide bonds. The highest BCUT2D eigenvalue weighted by Crippen LogP contribution is 2.07. The summed E-state index contributed by atoms with van der Waals surface area (Å²) in [5.74, 6) is 0. The molecule has 0 heterocycles. The van der Waals surface area contributed by atoms with Crippen molar-refractivity contribution in [2.45, 2.75) is 51.7 Å². The Balaban J connectivity index is 3.36. The molecular weight excluding hydrogens is 208 g/mol. The van der Waals surface area contributed by atoms with E-state index in [0.717, 1.165) is 0 Å². The lowest BCUT2D eigenvalue weighted by Crippen LogP contribution is -2.20. The van der Waals surface area contributed by atoms with E-state index in [1.807, 2.05) is 0 Å². The van der Waals surface area contributed by atoms with E-state index in [9.17, 15) is 10.2 Å². The van der Waals surface area contributed by atoms with E-state index in [-0.39, 0.29) is 0 Å². The Hall–Kier alpha value is -0.740. The van der Waals surface area contributed by atoms with Gasteiger partial charge < -0.3 is 19.7 Å². The van der Waals surface area contributed by atoms with Gasteiger partial charge in [-0.1, -0.05) is 0 Å². The first-order chi connectivity index (χ1) is 7.21. The van der Waals surface area contributed by atoms with Crippen LogP contribution in [0.2, 0.25) is 0 Å². The monoisotopic (exact) mass is 232 g/mol. The van der Waals surface area contributed by atoms with Gasteiger partial charge in [-0.25, -0.2) is 0 Å². The van der Waals surface area contributed by atoms with E-state index in [4.69, 9.17) is 9.47 Å². The average Bonchev–Trinajstić information content (AvgIpc) is 2.06. The van der Waals surface area contributed by atoms with Gasteiger partial charge in [-0.05, 0) is 27.7 Å². The summed E-state index contributed by atoms with van der Waals surface area (Å²) < 4.78 is 10.2. The second kappa shape index (κ2) is 6.76. The number of ether oxygens (including phenoxy) is 2. The standard InChI is InChI=1S/C12H24O4/c1-11(2,13)5-7-15-9-10-16-8-6-12(3,4)14/h9-10,13-14H,5-8H2,1-4H3/b10-9+. The zero-order valence-corrected chi connectivity index (χ0v) is 10.7. The number of aliphatic hydroxyl groups is 2. The lowest BCUT2D eigenvalue weighted by atomic mass is 10.1. The molecule has 0 atom stereocenters.